The van der Waals surface area contributed by atoms with Crippen molar-refractivity contribution < 1.29 is 9.53 Å². The van der Waals surface area contributed by atoms with E-state index in [-0.39, 0.29) is 0 Å². The van der Waals surface area contributed by atoms with Gasteiger partial charge >= 0.3 is 0 Å². The third-order valence-corrected chi connectivity index (χ3v) is 2.01. The molecular weight excluding hydrogens is 164 g/mol. The molecule has 0 radical (unpaired) electrons. The van der Waals surface area contributed by atoms with Gasteiger partial charge in [-0.15, -0.1) is 0 Å². The molecule has 0 saturated carbocycles. The Bertz CT molecular complexity index is 157. The number of ether oxygens (including phenoxy) is 1. The highest BCUT2D eigenvalue weighted by molar-refractivity contribution is 5.36. The van der Waals surface area contributed by atoms with E-state index in [9.17, 15) is 4.79 Å². The highest BCUT2D eigenvalue weighted by atomic mass is 16.5. The molecular formula is C11H20O2. The van der Waals surface area contributed by atoms with Crippen molar-refractivity contribution in [1.82, 2.24) is 0 Å². The maximum Gasteiger partial charge on any atom is 0.293 e. The minimum atomic E-state index is 0.517. The van der Waals surface area contributed by atoms with Crippen molar-refractivity contribution in [2.45, 2.75) is 40.0 Å². The second kappa shape index (κ2) is 7.84. The van der Waals surface area contributed by atoms with Crippen LogP contribution in [0.3, 0.4) is 0 Å². The fourth-order valence-electron chi connectivity index (χ4n) is 1.12. The summed E-state index contributed by atoms with van der Waals surface area (Å²) in [5.74, 6) is 0.635. The Kier molecular flexibility index (Phi) is 7.36. The highest BCUT2D eigenvalue weighted by Crippen LogP contribution is 2.11. The summed E-state index contributed by atoms with van der Waals surface area (Å²) in [5, 5.41) is 0. The second-order valence-electron chi connectivity index (χ2n) is 3.72. The van der Waals surface area contributed by atoms with Crippen molar-refractivity contribution in [3.8, 4) is 0 Å². The Balaban J connectivity index is 3.34. The van der Waals surface area contributed by atoms with E-state index in [2.05, 4.69) is 31.6 Å². The van der Waals surface area contributed by atoms with Crippen LogP contribution < -0.4 is 0 Å². The van der Waals surface area contributed by atoms with Crippen LogP contribution in [-0.2, 0) is 9.53 Å². The maximum absolute atomic E-state index is 9.86. The zero-order chi connectivity index (χ0) is 10.1. The van der Waals surface area contributed by atoms with Crippen molar-refractivity contribution in [3.05, 3.63) is 11.6 Å². The average Bonchev–Trinajstić information content (AvgIpc) is 2.04. The number of carbonyl (C=O) groups excluding carboxylic acids is 1. The summed E-state index contributed by atoms with van der Waals surface area (Å²) < 4.78 is 4.64. The normalized spacial score (nSPS) is 11.9. The van der Waals surface area contributed by atoms with Gasteiger partial charge in [0.2, 0.25) is 0 Å². The molecule has 0 N–H and O–H groups in total. The zero-order valence-electron chi connectivity index (χ0n) is 8.88. The molecule has 0 bridgehead atoms. The van der Waals surface area contributed by atoms with E-state index >= 15 is 0 Å². The fraction of sp³-hybridized carbons (Fsp3) is 0.727. The summed E-state index contributed by atoms with van der Waals surface area (Å²) in [6.07, 6.45) is 5.52. The van der Waals surface area contributed by atoms with Gasteiger partial charge < -0.3 is 4.74 Å². The lowest BCUT2D eigenvalue weighted by Crippen LogP contribution is -2.00. The maximum atomic E-state index is 9.86. The first-order chi connectivity index (χ1) is 6.16. The van der Waals surface area contributed by atoms with Crippen LogP contribution in [0.25, 0.3) is 0 Å². The van der Waals surface area contributed by atoms with Crippen molar-refractivity contribution in [1.29, 1.82) is 0 Å². The molecule has 1 atom stereocenters. The monoisotopic (exact) mass is 184 g/mol. The zero-order valence-corrected chi connectivity index (χ0v) is 8.88. The fourth-order valence-corrected chi connectivity index (χ4v) is 1.12. The Morgan fingerprint density at radius 3 is 2.62 bits per heavy atom. The molecule has 0 aromatic rings. The summed E-state index contributed by atoms with van der Waals surface area (Å²) in [6.45, 7) is 7.48. The van der Waals surface area contributed by atoms with Gasteiger partial charge in [-0.05, 0) is 39.0 Å². The van der Waals surface area contributed by atoms with Gasteiger partial charge in [-0.1, -0.05) is 18.6 Å². The Hall–Kier alpha value is -0.790. The van der Waals surface area contributed by atoms with Gasteiger partial charge in [0.05, 0.1) is 6.61 Å². The van der Waals surface area contributed by atoms with Gasteiger partial charge in [-0.25, -0.2) is 0 Å². The minimum absolute atomic E-state index is 0.517. The molecule has 0 aromatic carbocycles. The molecule has 0 aliphatic rings. The minimum Gasteiger partial charge on any atom is -0.468 e. The predicted octanol–water partition coefficient (Wildman–Crippen LogP) is 2.93. The van der Waals surface area contributed by atoms with Crippen molar-refractivity contribution in [2.24, 2.45) is 5.92 Å². The molecule has 0 spiro atoms. The Labute approximate surface area is 81.0 Å². The average molecular weight is 184 g/mol. The van der Waals surface area contributed by atoms with Gasteiger partial charge in [0, 0.05) is 0 Å². The first-order valence-corrected chi connectivity index (χ1v) is 4.85. The number of hydrogen-bond acceptors (Lipinski definition) is 2. The smallest absolute Gasteiger partial charge is 0.293 e. The first kappa shape index (κ1) is 12.2. The molecule has 0 amide bonds. The van der Waals surface area contributed by atoms with Crippen molar-refractivity contribution in [3.63, 3.8) is 0 Å². The first-order valence-electron chi connectivity index (χ1n) is 4.85. The van der Waals surface area contributed by atoms with Crippen LogP contribution in [0.4, 0.5) is 0 Å². The molecule has 76 valence electrons. The number of hydrogen-bond donors (Lipinski definition) is 0. The largest absolute Gasteiger partial charge is 0.468 e. The number of rotatable bonds is 7. The molecule has 0 aromatic heterocycles. The van der Waals surface area contributed by atoms with Gasteiger partial charge in [-0.2, -0.15) is 0 Å². The van der Waals surface area contributed by atoms with Crippen LogP contribution in [0.15, 0.2) is 11.6 Å². The Morgan fingerprint density at radius 2 is 2.08 bits per heavy atom. The Morgan fingerprint density at radius 1 is 1.38 bits per heavy atom. The van der Waals surface area contributed by atoms with Crippen LogP contribution in [-0.4, -0.2) is 13.1 Å². The van der Waals surface area contributed by atoms with Crippen LogP contribution in [0.2, 0.25) is 0 Å². The summed E-state index contributed by atoms with van der Waals surface area (Å²) in [4.78, 5) is 9.86. The van der Waals surface area contributed by atoms with Gasteiger partial charge in [0.1, 0.15) is 0 Å². The van der Waals surface area contributed by atoms with Crippen LogP contribution >= 0.6 is 0 Å². The van der Waals surface area contributed by atoms with Gasteiger partial charge in [0.25, 0.3) is 6.47 Å². The van der Waals surface area contributed by atoms with Gasteiger partial charge in [0.15, 0.2) is 0 Å². The van der Waals surface area contributed by atoms with E-state index in [1.54, 1.807) is 0 Å². The lowest BCUT2D eigenvalue weighted by atomic mass is 10.0. The molecule has 2 heteroatoms. The molecule has 13 heavy (non-hydrogen) atoms. The van der Waals surface area contributed by atoms with Crippen molar-refractivity contribution >= 4 is 6.47 Å². The van der Waals surface area contributed by atoms with E-state index in [4.69, 9.17) is 0 Å². The predicted molar refractivity (Wildman–Crippen MR) is 54.5 cm³/mol. The number of allylic oxidation sites excluding steroid dienone is 2. The van der Waals surface area contributed by atoms with Crippen LogP contribution in [0.5, 0.6) is 0 Å². The highest BCUT2D eigenvalue weighted by Gasteiger charge is 2.00. The van der Waals surface area contributed by atoms with Crippen LogP contribution in [0.1, 0.15) is 40.0 Å². The van der Waals surface area contributed by atoms with E-state index in [1.807, 2.05) is 0 Å². The van der Waals surface area contributed by atoms with Gasteiger partial charge in [-0.3, -0.25) is 4.79 Å². The molecule has 0 aliphatic heterocycles. The third kappa shape index (κ3) is 9.12. The molecule has 0 rings (SSSR count). The second-order valence-corrected chi connectivity index (χ2v) is 3.72. The lowest BCUT2D eigenvalue weighted by molar-refractivity contribution is -0.129. The summed E-state index contributed by atoms with van der Waals surface area (Å²) in [5.41, 5.74) is 1.37. The summed E-state index contributed by atoms with van der Waals surface area (Å²) in [7, 11) is 0. The van der Waals surface area contributed by atoms with E-state index < -0.39 is 0 Å². The number of carbonyl (C=O) groups is 1. The van der Waals surface area contributed by atoms with Crippen molar-refractivity contribution in [2.75, 3.05) is 6.61 Å². The third-order valence-electron chi connectivity index (χ3n) is 2.01. The molecule has 0 heterocycles. The molecule has 2 nitrogen and oxygen atoms in total. The molecule has 0 fully saturated rings. The summed E-state index contributed by atoms with van der Waals surface area (Å²) >= 11 is 0. The molecule has 0 saturated heterocycles. The van der Waals surface area contributed by atoms with E-state index in [0.717, 1.165) is 12.8 Å². The standard InChI is InChI=1S/C11H20O2/c1-10(2)5-4-6-11(3)7-8-13-9-12/h5,9,11H,4,6-8H2,1-3H3. The quantitative estimate of drug-likeness (QED) is 0.345. The summed E-state index contributed by atoms with van der Waals surface area (Å²) in [6, 6.07) is 0. The topological polar surface area (TPSA) is 26.3 Å². The SMILES string of the molecule is CC(C)=CCCC(C)CCOC=O. The molecule has 0 aliphatic carbocycles. The van der Waals surface area contributed by atoms with E-state index in [1.165, 1.54) is 12.0 Å². The van der Waals surface area contributed by atoms with E-state index in [0.29, 0.717) is 19.0 Å². The van der Waals surface area contributed by atoms with Crippen LogP contribution in [0, 0.1) is 5.92 Å². The lowest BCUT2D eigenvalue weighted by Gasteiger charge is -2.08. The molecule has 1 unspecified atom stereocenters.